The number of rotatable bonds is 7. The minimum atomic E-state index is -4.89. The third-order valence-electron chi connectivity index (χ3n) is 8.58. The van der Waals surface area contributed by atoms with Gasteiger partial charge in [0.15, 0.2) is 0 Å². The molecule has 2 aromatic rings. The number of hydrogen-bond donors (Lipinski definition) is 0. The summed E-state index contributed by atoms with van der Waals surface area (Å²) in [6.45, 7) is 3.17. The maximum atomic E-state index is 14.1. The van der Waals surface area contributed by atoms with Crippen LogP contribution in [-0.4, -0.2) is 79.8 Å². The number of hydrogen-bond acceptors (Lipinski definition) is 6. The fourth-order valence-corrected chi connectivity index (χ4v) is 8.46. The molecule has 2 atom stereocenters. The molecule has 3 saturated heterocycles. The number of ether oxygens (including phenoxy) is 2. The van der Waals surface area contributed by atoms with Crippen LogP contribution in [0.1, 0.15) is 63.0 Å². The van der Waals surface area contributed by atoms with Crippen molar-refractivity contribution in [2.24, 2.45) is 0 Å². The van der Waals surface area contributed by atoms with Gasteiger partial charge in [0.2, 0.25) is 10.0 Å². The van der Waals surface area contributed by atoms with Gasteiger partial charge in [0.05, 0.1) is 17.0 Å². The Balaban J connectivity index is 1.33. The fraction of sp³-hybridized carbons (Fsp3) is 0.567. The Morgan fingerprint density at radius 2 is 1.60 bits per heavy atom. The highest BCUT2D eigenvalue weighted by molar-refractivity contribution is 7.89. The van der Waals surface area contributed by atoms with E-state index in [1.807, 2.05) is 0 Å². The number of nitrogens with zero attached hydrogens (tertiary/aromatic N) is 3. The first-order valence-electron chi connectivity index (χ1n) is 14.8. The molecule has 0 spiro atoms. The lowest BCUT2D eigenvalue weighted by molar-refractivity contribution is -0.274. The van der Waals surface area contributed by atoms with Crippen LogP contribution in [0.25, 0.3) is 0 Å². The molecule has 0 unspecified atom stereocenters. The van der Waals surface area contributed by atoms with Crippen LogP contribution in [0.4, 0.5) is 18.0 Å². The summed E-state index contributed by atoms with van der Waals surface area (Å²) in [6, 6.07) is 10.0. The quantitative estimate of drug-likeness (QED) is 0.338. The molecule has 3 heterocycles. The van der Waals surface area contributed by atoms with Gasteiger partial charge < -0.3 is 19.3 Å². The molecule has 0 bridgehead atoms. The average molecular weight is 644 g/mol. The number of benzene rings is 2. The van der Waals surface area contributed by atoms with Gasteiger partial charge in [-0.2, -0.15) is 4.31 Å². The molecule has 13 heteroatoms. The normalized spacial score (nSPS) is 23.2. The number of amides is 1. The lowest BCUT2D eigenvalue weighted by Gasteiger charge is -2.42. The van der Waals surface area contributed by atoms with Crippen molar-refractivity contribution < 1.29 is 35.9 Å². The Morgan fingerprint density at radius 3 is 2.28 bits per heavy atom. The Hall–Kier alpha value is -2.54. The molecule has 3 aliphatic heterocycles. The first kappa shape index (κ1) is 31.9. The predicted molar refractivity (Wildman–Crippen MR) is 155 cm³/mol. The smallest absolute Gasteiger partial charge is 0.448 e. The van der Waals surface area contributed by atoms with Gasteiger partial charge in [0.1, 0.15) is 12.4 Å². The highest BCUT2D eigenvalue weighted by Gasteiger charge is 2.42. The van der Waals surface area contributed by atoms with Crippen molar-refractivity contribution in [3.05, 3.63) is 59.1 Å². The van der Waals surface area contributed by atoms with E-state index in [1.54, 1.807) is 11.0 Å². The number of carbonyl (C=O) groups is 1. The van der Waals surface area contributed by atoms with Gasteiger partial charge >= 0.3 is 12.5 Å². The van der Waals surface area contributed by atoms with E-state index >= 15 is 0 Å². The van der Waals surface area contributed by atoms with Gasteiger partial charge in [0, 0.05) is 24.2 Å². The number of piperidine rings is 3. The average Bonchev–Trinajstić information content (AvgIpc) is 2.99. The van der Waals surface area contributed by atoms with Crippen molar-refractivity contribution >= 4 is 27.7 Å². The van der Waals surface area contributed by atoms with Crippen LogP contribution >= 0.6 is 11.6 Å². The standard InChI is InChI=1S/C30H37ClF3N3O5S/c31-23-10-12-27(13-11-23)43(39,40)37-25(7-5-9-28(37)22-6-4-8-26(20-22)42-30(32,33)34)21-41-29(38)36-18-14-24(15-19-36)35-16-2-1-3-17-35/h4,6,8,10-13,20,24-25,28H,1-3,5,7,9,14-19,21H2/t25-,28+/m1/s1. The maximum Gasteiger partial charge on any atom is 0.573 e. The van der Waals surface area contributed by atoms with E-state index in [0.717, 1.165) is 25.9 Å². The second-order valence-electron chi connectivity index (χ2n) is 11.4. The van der Waals surface area contributed by atoms with Crippen LogP contribution in [0.3, 0.4) is 0 Å². The molecule has 3 aliphatic rings. The van der Waals surface area contributed by atoms with Crippen molar-refractivity contribution in [2.75, 3.05) is 32.8 Å². The molecule has 236 valence electrons. The summed E-state index contributed by atoms with van der Waals surface area (Å²) in [7, 11) is -4.16. The number of carbonyl (C=O) groups excluding carboxylic acids is 1. The first-order chi connectivity index (χ1) is 20.5. The number of alkyl halides is 3. The highest BCUT2D eigenvalue weighted by Crippen LogP contribution is 2.40. The van der Waals surface area contributed by atoms with Crippen LogP contribution in [0.15, 0.2) is 53.4 Å². The molecular formula is C30H37ClF3N3O5S. The molecule has 3 fully saturated rings. The van der Waals surface area contributed by atoms with Crippen LogP contribution in [-0.2, 0) is 14.8 Å². The van der Waals surface area contributed by atoms with Crippen molar-refractivity contribution in [1.82, 2.24) is 14.1 Å². The third kappa shape index (κ3) is 7.95. The second-order valence-corrected chi connectivity index (χ2v) is 13.7. The fourth-order valence-electron chi connectivity index (χ4n) is 6.49. The lowest BCUT2D eigenvalue weighted by Crippen LogP contribution is -2.50. The molecular weight excluding hydrogens is 607 g/mol. The van der Waals surface area contributed by atoms with Crippen molar-refractivity contribution in [1.29, 1.82) is 0 Å². The first-order valence-corrected chi connectivity index (χ1v) is 16.6. The van der Waals surface area contributed by atoms with E-state index in [0.29, 0.717) is 49.0 Å². The largest absolute Gasteiger partial charge is 0.573 e. The van der Waals surface area contributed by atoms with Crippen LogP contribution in [0.2, 0.25) is 5.02 Å². The summed E-state index contributed by atoms with van der Waals surface area (Å²) in [5.41, 5.74) is 0.357. The second kappa shape index (κ2) is 13.6. The van der Waals surface area contributed by atoms with Crippen LogP contribution < -0.4 is 4.74 Å². The number of likely N-dealkylation sites (tertiary alicyclic amines) is 2. The van der Waals surface area contributed by atoms with E-state index in [1.165, 1.54) is 66.0 Å². The molecule has 0 aliphatic carbocycles. The van der Waals surface area contributed by atoms with Gasteiger partial charge in [0.25, 0.3) is 0 Å². The van der Waals surface area contributed by atoms with Crippen molar-refractivity contribution in [3.8, 4) is 5.75 Å². The van der Waals surface area contributed by atoms with Gasteiger partial charge in [-0.3, -0.25) is 0 Å². The Labute approximate surface area is 255 Å². The Bertz CT molecular complexity index is 1350. The molecule has 0 N–H and O–H groups in total. The summed E-state index contributed by atoms with van der Waals surface area (Å²) >= 11 is 6.00. The summed E-state index contributed by atoms with van der Waals surface area (Å²) in [5.74, 6) is -0.435. The number of halogens is 4. The maximum absolute atomic E-state index is 14.1. The SMILES string of the molecule is O=C(OC[C@H]1CCC[C@@H](c2cccc(OC(F)(F)F)c2)N1S(=O)(=O)c1ccc(Cl)cc1)N1CCC(N2CCCCC2)CC1. The Morgan fingerprint density at radius 1 is 0.907 bits per heavy atom. The monoisotopic (exact) mass is 643 g/mol. The zero-order valence-corrected chi connectivity index (χ0v) is 25.4. The Kier molecular flexibility index (Phi) is 10.1. The van der Waals surface area contributed by atoms with Crippen LogP contribution in [0, 0.1) is 0 Å². The predicted octanol–water partition coefficient (Wildman–Crippen LogP) is 6.61. The minimum Gasteiger partial charge on any atom is -0.448 e. The summed E-state index contributed by atoms with van der Waals surface area (Å²) in [6.07, 6.45) is 1.43. The summed E-state index contributed by atoms with van der Waals surface area (Å²) < 4.78 is 78.1. The van der Waals surface area contributed by atoms with Gasteiger partial charge in [-0.05, 0) is 100.0 Å². The van der Waals surface area contributed by atoms with Gasteiger partial charge in [-0.25, -0.2) is 13.2 Å². The molecule has 5 rings (SSSR count). The topological polar surface area (TPSA) is 79.4 Å². The van der Waals surface area contributed by atoms with E-state index in [4.69, 9.17) is 16.3 Å². The van der Waals surface area contributed by atoms with Crippen molar-refractivity contribution in [3.63, 3.8) is 0 Å². The summed E-state index contributed by atoms with van der Waals surface area (Å²) in [4.78, 5) is 17.3. The van der Waals surface area contributed by atoms with Gasteiger partial charge in [-0.1, -0.05) is 30.2 Å². The zero-order valence-electron chi connectivity index (χ0n) is 23.8. The van der Waals surface area contributed by atoms with E-state index < -0.39 is 40.3 Å². The molecule has 2 aromatic carbocycles. The van der Waals surface area contributed by atoms with Crippen molar-refractivity contribution in [2.45, 2.75) is 80.7 Å². The van der Waals surface area contributed by atoms with Gasteiger partial charge in [-0.15, -0.1) is 13.2 Å². The lowest BCUT2D eigenvalue weighted by atomic mass is 9.93. The number of sulfonamides is 1. The summed E-state index contributed by atoms with van der Waals surface area (Å²) in [5, 5.41) is 0.362. The molecule has 0 saturated carbocycles. The molecule has 0 radical (unpaired) electrons. The highest BCUT2D eigenvalue weighted by atomic mass is 35.5. The van der Waals surface area contributed by atoms with Crippen LogP contribution in [0.5, 0.6) is 5.75 Å². The van der Waals surface area contributed by atoms with E-state index in [9.17, 15) is 26.4 Å². The van der Waals surface area contributed by atoms with E-state index in [-0.39, 0.29) is 11.5 Å². The third-order valence-corrected chi connectivity index (χ3v) is 10.8. The molecule has 0 aromatic heterocycles. The molecule has 8 nitrogen and oxygen atoms in total. The molecule has 43 heavy (non-hydrogen) atoms. The zero-order chi connectivity index (χ0) is 30.6. The minimum absolute atomic E-state index is 0.0115. The van der Waals surface area contributed by atoms with E-state index in [2.05, 4.69) is 9.64 Å². The molecule has 1 amide bonds.